The molecule has 0 aliphatic heterocycles. The molecule has 1 aromatic carbocycles. The number of hydrogen-bond acceptors (Lipinski definition) is 2. The summed E-state index contributed by atoms with van der Waals surface area (Å²) in [7, 11) is 0. The lowest BCUT2D eigenvalue weighted by molar-refractivity contribution is 0.0448. The second kappa shape index (κ2) is 5.02. The topological polar surface area (TPSA) is 49.3 Å². The maximum Gasteiger partial charge on any atom is 0.254 e. The molecule has 3 nitrogen and oxygen atoms in total. The van der Waals surface area contributed by atoms with Gasteiger partial charge in [-0.25, -0.2) is 8.78 Å². The molecule has 2 rings (SSSR count). The third kappa shape index (κ3) is 2.85. The van der Waals surface area contributed by atoms with Crippen molar-refractivity contribution in [1.82, 2.24) is 5.32 Å². The number of hydrogen-bond donors (Lipinski definition) is 2. The molecule has 1 fully saturated rings. The van der Waals surface area contributed by atoms with Crippen molar-refractivity contribution >= 4 is 5.91 Å². The molecule has 0 saturated heterocycles. The SMILES string of the molecule is O=C(NCC1(O)CCCC1)c1ccc(F)cc1F. The van der Waals surface area contributed by atoms with Gasteiger partial charge >= 0.3 is 0 Å². The molecule has 5 heteroatoms. The second-order valence-electron chi connectivity index (χ2n) is 4.74. The average Bonchev–Trinajstić information content (AvgIpc) is 2.74. The molecule has 18 heavy (non-hydrogen) atoms. The van der Waals surface area contributed by atoms with E-state index >= 15 is 0 Å². The van der Waals surface area contributed by atoms with Crippen LogP contribution in [0.3, 0.4) is 0 Å². The predicted octanol–water partition coefficient (Wildman–Crippen LogP) is 2.00. The maximum atomic E-state index is 13.3. The van der Waals surface area contributed by atoms with Crippen molar-refractivity contribution in [3.8, 4) is 0 Å². The third-order valence-corrected chi connectivity index (χ3v) is 3.29. The normalized spacial score (nSPS) is 17.7. The second-order valence-corrected chi connectivity index (χ2v) is 4.74. The van der Waals surface area contributed by atoms with Gasteiger partial charge in [-0.05, 0) is 25.0 Å². The first kappa shape index (κ1) is 13.0. The van der Waals surface area contributed by atoms with E-state index in [1.807, 2.05) is 0 Å². The summed E-state index contributed by atoms with van der Waals surface area (Å²) < 4.78 is 26.0. The molecule has 1 aliphatic rings. The molecule has 0 spiro atoms. The smallest absolute Gasteiger partial charge is 0.254 e. The van der Waals surface area contributed by atoms with Crippen LogP contribution < -0.4 is 5.32 Å². The van der Waals surface area contributed by atoms with E-state index in [0.29, 0.717) is 18.9 Å². The van der Waals surface area contributed by atoms with Gasteiger partial charge in [0.25, 0.3) is 5.91 Å². The van der Waals surface area contributed by atoms with Gasteiger partial charge in [0, 0.05) is 12.6 Å². The van der Waals surface area contributed by atoms with Crippen LogP contribution in [0, 0.1) is 11.6 Å². The molecule has 0 aromatic heterocycles. The van der Waals surface area contributed by atoms with E-state index in [1.165, 1.54) is 0 Å². The van der Waals surface area contributed by atoms with Crippen molar-refractivity contribution in [3.63, 3.8) is 0 Å². The number of benzene rings is 1. The lowest BCUT2D eigenvalue weighted by Gasteiger charge is -2.22. The summed E-state index contributed by atoms with van der Waals surface area (Å²) in [6.07, 6.45) is 3.13. The quantitative estimate of drug-likeness (QED) is 0.868. The highest BCUT2D eigenvalue weighted by Gasteiger charge is 2.31. The minimum atomic E-state index is -0.897. The number of amides is 1. The lowest BCUT2D eigenvalue weighted by atomic mass is 10.0. The van der Waals surface area contributed by atoms with E-state index in [4.69, 9.17) is 0 Å². The Morgan fingerprint density at radius 2 is 2.00 bits per heavy atom. The summed E-state index contributed by atoms with van der Waals surface area (Å²) in [5.74, 6) is -2.25. The van der Waals surface area contributed by atoms with Crippen molar-refractivity contribution < 1.29 is 18.7 Å². The van der Waals surface area contributed by atoms with Crippen LogP contribution in [0.2, 0.25) is 0 Å². The molecule has 0 unspecified atom stereocenters. The first-order valence-electron chi connectivity index (χ1n) is 5.96. The minimum Gasteiger partial charge on any atom is -0.388 e. The van der Waals surface area contributed by atoms with E-state index in [-0.39, 0.29) is 12.1 Å². The van der Waals surface area contributed by atoms with Crippen LogP contribution in [0.25, 0.3) is 0 Å². The molecule has 0 heterocycles. The Kier molecular flexibility index (Phi) is 3.61. The molecule has 1 saturated carbocycles. The van der Waals surface area contributed by atoms with Gasteiger partial charge in [-0.3, -0.25) is 4.79 Å². The molecular weight excluding hydrogens is 240 g/mol. The lowest BCUT2D eigenvalue weighted by Crippen LogP contribution is -2.41. The largest absolute Gasteiger partial charge is 0.388 e. The summed E-state index contributed by atoms with van der Waals surface area (Å²) in [5, 5.41) is 12.5. The number of nitrogens with one attached hydrogen (secondary N) is 1. The fraction of sp³-hybridized carbons (Fsp3) is 0.462. The van der Waals surface area contributed by atoms with Crippen LogP contribution in [0.4, 0.5) is 8.78 Å². The average molecular weight is 255 g/mol. The summed E-state index contributed by atoms with van der Waals surface area (Å²) in [6, 6.07) is 2.79. The van der Waals surface area contributed by atoms with Gasteiger partial charge in [-0.2, -0.15) is 0 Å². The molecular formula is C13H15F2NO2. The van der Waals surface area contributed by atoms with Gasteiger partial charge in [-0.15, -0.1) is 0 Å². The van der Waals surface area contributed by atoms with E-state index in [0.717, 1.165) is 25.0 Å². The molecule has 1 aliphatic carbocycles. The van der Waals surface area contributed by atoms with Gasteiger partial charge in [0.1, 0.15) is 11.6 Å². The zero-order valence-electron chi connectivity index (χ0n) is 9.88. The summed E-state index contributed by atoms with van der Waals surface area (Å²) in [5.41, 5.74) is -1.09. The molecule has 1 aromatic rings. The van der Waals surface area contributed by atoms with Crippen molar-refractivity contribution in [2.45, 2.75) is 31.3 Å². The highest BCUT2D eigenvalue weighted by Crippen LogP contribution is 2.28. The van der Waals surface area contributed by atoms with Crippen LogP contribution in [0.15, 0.2) is 18.2 Å². The van der Waals surface area contributed by atoms with E-state index in [1.54, 1.807) is 0 Å². The highest BCUT2D eigenvalue weighted by molar-refractivity contribution is 5.94. The Morgan fingerprint density at radius 1 is 1.33 bits per heavy atom. The third-order valence-electron chi connectivity index (χ3n) is 3.29. The summed E-state index contributed by atoms with van der Waals surface area (Å²) in [6.45, 7) is 0.0999. The molecule has 2 N–H and O–H groups in total. The zero-order valence-corrected chi connectivity index (χ0v) is 9.88. The Bertz CT molecular complexity index is 456. The number of carbonyl (C=O) groups is 1. The first-order valence-corrected chi connectivity index (χ1v) is 5.96. The van der Waals surface area contributed by atoms with Gasteiger partial charge in [0.15, 0.2) is 0 Å². The van der Waals surface area contributed by atoms with Crippen molar-refractivity contribution in [2.75, 3.05) is 6.54 Å². The van der Waals surface area contributed by atoms with Crippen LogP contribution in [0.5, 0.6) is 0 Å². The van der Waals surface area contributed by atoms with Gasteiger partial charge in [-0.1, -0.05) is 12.8 Å². The molecule has 98 valence electrons. The van der Waals surface area contributed by atoms with Crippen molar-refractivity contribution in [1.29, 1.82) is 0 Å². The molecule has 0 radical (unpaired) electrons. The standard InChI is InChI=1S/C13H15F2NO2/c14-9-3-4-10(11(15)7-9)12(17)16-8-13(18)5-1-2-6-13/h3-4,7,18H,1-2,5-6,8H2,(H,16,17). The van der Waals surface area contributed by atoms with E-state index < -0.39 is 23.1 Å². The summed E-state index contributed by atoms with van der Waals surface area (Å²) in [4.78, 5) is 11.7. The Balaban J connectivity index is 1.99. The Morgan fingerprint density at radius 3 is 2.61 bits per heavy atom. The van der Waals surface area contributed by atoms with Crippen molar-refractivity contribution in [2.24, 2.45) is 0 Å². The predicted molar refractivity (Wildman–Crippen MR) is 62.1 cm³/mol. The van der Waals surface area contributed by atoms with E-state index in [9.17, 15) is 18.7 Å². The van der Waals surface area contributed by atoms with Gasteiger partial charge in [0.05, 0.1) is 11.2 Å². The number of carbonyl (C=O) groups excluding carboxylic acids is 1. The Labute approximate surface area is 104 Å². The minimum absolute atomic E-state index is 0.0999. The van der Waals surface area contributed by atoms with Gasteiger partial charge in [0.2, 0.25) is 0 Å². The number of rotatable bonds is 3. The maximum absolute atomic E-state index is 13.3. The fourth-order valence-electron chi connectivity index (χ4n) is 2.22. The number of halogens is 2. The molecule has 1 amide bonds. The molecule has 0 bridgehead atoms. The fourth-order valence-corrected chi connectivity index (χ4v) is 2.22. The van der Waals surface area contributed by atoms with Crippen LogP contribution >= 0.6 is 0 Å². The van der Waals surface area contributed by atoms with Gasteiger partial charge < -0.3 is 10.4 Å². The number of aliphatic hydroxyl groups is 1. The first-order chi connectivity index (χ1) is 8.50. The van der Waals surface area contributed by atoms with Crippen LogP contribution in [-0.4, -0.2) is 23.2 Å². The van der Waals surface area contributed by atoms with Crippen molar-refractivity contribution in [3.05, 3.63) is 35.4 Å². The summed E-state index contributed by atoms with van der Waals surface area (Å²) >= 11 is 0. The van der Waals surface area contributed by atoms with E-state index in [2.05, 4.69) is 5.32 Å². The van der Waals surface area contributed by atoms with Crippen LogP contribution in [-0.2, 0) is 0 Å². The monoisotopic (exact) mass is 255 g/mol. The highest BCUT2D eigenvalue weighted by atomic mass is 19.1. The van der Waals surface area contributed by atoms with Crippen LogP contribution in [0.1, 0.15) is 36.0 Å². The molecule has 0 atom stereocenters. The Hall–Kier alpha value is -1.49. The zero-order chi connectivity index (χ0) is 13.2.